The topological polar surface area (TPSA) is 66.3 Å². The highest BCUT2D eigenvalue weighted by Gasteiger charge is 2.37. The number of benzene rings is 1. The first-order valence-corrected chi connectivity index (χ1v) is 12.3. The van der Waals surface area contributed by atoms with E-state index < -0.39 is 6.10 Å². The monoisotopic (exact) mass is 491 g/mol. The fraction of sp³-hybridized carbons (Fsp3) is 0.458. The van der Waals surface area contributed by atoms with Crippen molar-refractivity contribution in [2.45, 2.75) is 59.1 Å². The SMILES string of the molecule is Cc1ncsc1-c1ccc(Cc2cnc([C@@H]3C[C@@H](O)CN3C(=O)CC(C)(C)C)s2)cc1.Cl. The average molecular weight is 492 g/mol. The van der Waals surface area contributed by atoms with Gasteiger partial charge in [0, 0.05) is 36.9 Å². The van der Waals surface area contributed by atoms with Gasteiger partial charge in [-0.05, 0) is 23.5 Å². The molecule has 1 N–H and O–H groups in total. The number of carbonyl (C=O) groups excluding carboxylic acids is 1. The lowest BCUT2D eigenvalue weighted by atomic mass is 9.91. The Hall–Kier alpha value is -1.80. The summed E-state index contributed by atoms with van der Waals surface area (Å²) in [5.41, 5.74) is 5.30. The Kier molecular flexibility index (Phi) is 7.76. The number of hydrogen-bond donors (Lipinski definition) is 1. The Bertz CT molecular complexity index is 1060. The van der Waals surface area contributed by atoms with Gasteiger partial charge in [0.1, 0.15) is 5.01 Å². The van der Waals surface area contributed by atoms with Crippen LogP contribution < -0.4 is 0 Å². The second-order valence-electron chi connectivity index (χ2n) is 9.49. The molecule has 0 radical (unpaired) electrons. The minimum atomic E-state index is -0.482. The molecule has 1 saturated heterocycles. The Morgan fingerprint density at radius 1 is 1.22 bits per heavy atom. The van der Waals surface area contributed by atoms with Crippen molar-refractivity contribution in [3.05, 3.63) is 57.1 Å². The van der Waals surface area contributed by atoms with Gasteiger partial charge in [-0.25, -0.2) is 9.97 Å². The molecule has 0 aliphatic carbocycles. The molecule has 0 bridgehead atoms. The molecule has 1 fully saturated rings. The first-order valence-electron chi connectivity index (χ1n) is 10.6. The van der Waals surface area contributed by atoms with Crippen LogP contribution in [0.2, 0.25) is 0 Å². The second kappa shape index (κ2) is 10.00. The van der Waals surface area contributed by atoms with E-state index in [0.29, 0.717) is 19.4 Å². The van der Waals surface area contributed by atoms with Gasteiger partial charge in [0.2, 0.25) is 5.91 Å². The van der Waals surface area contributed by atoms with Gasteiger partial charge in [-0.1, -0.05) is 45.0 Å². The molecule has 0 spiro atoms. The minimum Gasteiger partial charge on any atom is -0.391 e. The highest BCUT2D eigenvalue weighted by atomic mass is 35.5. The lowest BCUT2D eigenvalue weighted by Crippen LogP contribution is -2.34. The summed E-state index contributed by atoms with van der Waals surface area (Å²) in [4.78, 5) is 26.0. The molecule has 0 saturated carbocycles. The Morgan fingerprint density at radius 2 is 1.94 bits per heavy atom. The smallest absolute Gasteiger partial charge is 0.223 e. The maximum absolute atomic E-state index is 12.8. The van der Waals surface area contributed by atoms with Crippen LogP contribution in [0.15, 0.2) is 36.0 Å². The highest BCUT2D eigenvalue weighted by molar-refractivity contribution is 7.13. The van der Waals surface area contributed by atoms with E-state index in [0.717, 1.165) is 17.1 Å². The molecule has 8 heteroatoms. The summed E-state index contributed by atoms with van der Waals surface area (Å²) < 4.78 is 0. The van der Waals surface area contributed by atoms with E-state index in [-0.39, 0.29) is 29.8 Å². The summed E-state index contributed by atoms with van der Waals surface area (Å²) in [6.45, 7) is 8.63. The predicted molar refractivity (Wildman–Crippen MR) is 134 cm³/mol. The number of halogens is 1. The molecule has 1 aliphatic rings. The van der Waals surface area contributed by atoms with Gasteiger partial charge in [0.25, 0.3) is 0 Å². The van der Waals surface area contributed by atoms with E-state index in [2.05, 4.69) is 55.0 Å². The van der Waals surface area contributed by atoms with Crippen LogP contribution in [0.25, 0.3) is 10.4 Å². The van der Waals surface area contributed by atoms with Crippen molar-refractivity contribution in [1.29, 1.82) is 0 Å². The number of thiazole rings is 2. The molecule has 3 aromatic rings. The molecule has 1 aromatic carbocycles. The predicted octanol–water partition coefficient (Wildman–Crippen LogP) is 5.66. The summed E-state index contributed by atoms with van der Waals surface area (Å²) in [7, 11) is 0. The van der Waals surface area contributed by atoms with E-state index in [1.54, 1.807) is 22.7 Å². The van der Waals surface area contributed by atoms with E-state index in [1.807, 2.05) is 23.5 Å². The van der Waals surface area contributed by atoms with Crippen LogP contribution in [-0.4, -0.2) is 38.5 Å². The molecule has 4 rings (SSSR count). The van der Waals surface area contributed by atoms with Gasteiger partial charge in [0.15, 0.2) is 0 Å². The molecule has 1 aliphatic heterocycles. The maximum atomic E-state index is 12.8. The third kappa shape index (κ3) is 5.76. The summed E-state index contributed by atoms with van der Waals surface area (Å²) in [6, 6.07) is 8.50. The molecular formula is C24H30ClN3O2S2. The van der Waals surface area contributed by atoms with Gasteiger partial charge in [-0.3, -0.25) is 4.79 Å². The second-order valence-corrected chi connectivity index (χ2v) is 11.5. The van der Waals surface area contributed by atoms with Crippen LogP contribution >= 0.6 is 35.1 Å². The number of carbonyl (C=O) groups is 1. The lowest BCUT2D eigenvalue weighted by Gasteiger charge is -2.26. The summed E-state index contributed by atoms with van der Waals surface area (Å²) in [5, 5.41) is 11.1. The van der Waals surface area contributed by atoms with E-state index in [9.17, 15) is 9.90 Å². The standard InChI is InChI=1S/C24H29N3O2S2.ClH/c1-15-22(30-14-26-15)17-7-5-16(6-8-17)9-19-12-25-23(31-19)20-10-18(28)13-27(20)21(29)11-24(2,3)4;/h5-8,12,14,18,20,28H,9-11,13H2,1-4H3;1H/t18-,20+;/m1./s1. The normalized spacial score (nSPS) is 18.6. The van der Waals surface area contributed by atoms with Crippen molar-refractivity contribution in [2.24, 2.45) is 5.41 Å². The molecule has 0 unspecified atom stereocenters. The number of likely N-dealkylation sites (tertiary alicyclic amines) is 1. The van der Waals surface area contributed by atoms with Crippen LogP contribution in [0.4, 0.5) is 0 Å². The number of aliphatic hydroxyl groups excluding tert-OH is 1. The quantitative estimate of drug-likeness (QED) is 0.500. The number of aromatic nitrogens is 2. The van der Waals surface area contributed by atoms with Crippen LogP contribution in [0.1, 0.15) is 60.8 Å². The fourth-order valence-corrected chi connectivity index (χ4v) is 5.88. The molecule has 172 valence electrons. The molecule has 2 atom stereocenters. The third-order valence-electron chi connectivity index (χ3n) is 5.48. The van der Waals surface area contributed by atoms with Crippen molar-refractivity contribution in [1.82, 2.24) is 14.9 Å². The Morgan fingerprint density at radius 3 is 2.56 bits per heavy atom. The molecular weight excluding hydrogens is 462 g/mol. The van der Waals surface area contributed by atoms with Crippen molar-refractivity contribution >= 4 is 41.0 Å². The number of aryl methyl sites for hydroxylation is 1. The van der Waals surface area contributed by atoms with Crippen LogP contribution in [0.5, 0.6) is 0 Å². The number of β-amino-alcohol motifs (C(OH)–C–C–N with tert-alkyl or cyclic N) is 1. The summed E-state index contributed by atoms with van der Waals surface area (Å²) >= 11 is 3.31. The molecule has 1 amide bonds. The molecule has 2 aromatic heterocycles. The Balaban J connectivity index is 0.00000289. The van der Waals surface area contributed by atoms with Crippen LogP contribution in [0, 0.1) is 12.3 Å². The molecule has 5 nitrogen and oxygen atoms in total. The third-order valence-corrected chi connectivity index (χ3v) is 7.55. The van der Waals surface area contributed by atoms with Crippen molar-refractivity contribution in [2.75, 3.05) is 6.54 Å². The zero-order chi connectivity index (χ0) is 22.2. The zero-order valence-electron chi connectivity index (χ0n) is 18.9. The number of aliphatic hydroxyl groups is 1. The number of nitrogens with zero attached hydrogens (tertiary/aromatic N) is 3. The van der Waals surface area contributed by atoms with Crippen LogP contribution in [0.3, 0.4) is 0 Å². The number of rotatable bonds is 5. The van der Waals surface area contributed by atoms with Gasteiger partial charge in [0.05, 0.1) is 28.2 Å². The van der Waals surface area contributed by atoms with Crippen molar-refractivity contribution < 1.29 is 9.90 Å². The van der Waals surface area contributed by atoms with Gasteiger partial charge < -0.3 is 10.0 Å². The minimum absolute atomic E-state index is 0. The first-order chi connectivity index (χ1) is 14.7. The average Bonchev–Trinajstić information content (AvgIpc) is 3.41. The maximum Gasteiger partial charge on any atom is 0.223 e. The molecule has 32 heavy (non-hydrogen) atoms. The highest BCUT2D eigenvalue weighted by Crippen LogP contribution is 2.37. The van der Waals surface area contributed by atoms with Gasteiger partial charge in [-0.15, -0.1) is 35.1 Å². The lowest BCUT2D eigenvalue weighted by molar-refractivity contribution is -0.134. The summed E-state index contributed by atoms with van der Waals surface area (Å²) in [6.07, 6.45) is 3.28. The number of hydrogen-bond acceptors (Lipinski definition) is 6. The van der Waals surface area contributed by atoms with Crippen molar-refractivity contribution in [3.63, 3.8) is 0 Å². The van der Waals surface area contributed by atoms with E-state index in [4.69, 9.17) is 0 Å². The summed E-state index contributed by atoms with van der Waals surface area (Å²) in [5.74, 6) is 0.0970. The Labute approximate surface area is 204 Å². The van der Waals surface area contributed by atoms with E-state index >= 15 is 0 Å². The number of amides is 1. The van der Waals surface area contributed by atoms with Gasteiger partial charge in [-0.2, -0.15) is 0 Å². The first kappa shape index (κ1) is 24.8. The van der Waals surface area contributed by atoms with Crippen molar-refractivity contribution in [3.8, 4) is 10.4 Å². The molecule has 3 heterocycles. The fourth-order valence-electron chi connectivity index (χ4n) is 3.99. The van der Waals surface area contributed by atoms with Crippen LogP contribution in [-0.2, 0) is 11.2 Å². The van der Waals surface area contributed by atoms with E-state index in [1.165, 1.54) is 20.9 Å². The largest absolute Gasteiger partial charge is 0.391 e. The zero-order valence-corrected chi connectivity index (χ0v) is 21.3. The van der Waals surface area contributed by atoms with Gasteiger partial charge >= 0.3 is 0 Å².